The number of fused-ring (bicyclic) bond motifs is 2. The summed E-state index contributed by atoms with van der Waals surface area (Å²) in [6, 6.07) is 16.1. The van der Waals surface area contributed by atoms with Crippen LogP contribution in [0.1, 0.15) is 245 Å². The lowest BCUT2D eigenvalue weighted by Crippen LogP contribution is -2.44. The van der Waals surface area contributed by atoms with Gasteiger partial charge in [0.25, 0.3) is 0 Å². The zero-order valence-corrected chi connectivity index (χ0v) is 54.6. The van der Waals surface area contributed by atoms with Crippen LogP contribution < -0.4 is 9.47 Å². The quantitative estimate of drug-likeness (QED) is 0.0637. The molecular weight excluding hydrogens is 1040 g/mol. The predicted molar refractivity (Wildman–Crippen MR) is 328 cm³/mol. The molecule has 4 aromatic rings. The Morgan fingerprint density at radius 1 is 0.361 bits per heavy atom. The molecular formula is C71H100O12. The highest BCUT2D eigenvalue weighted by atomic mass is 16.6. The van der Waals surface area contributed by atoms with Gasteiger partial charge in [0.1, 0.15) is 66.0 Å². The van der Waals surface area contributed by atoms with Crippen LogP contribution in [0.15, 0.2) is 48.5 Å². The van der Waals surface area contributed by atoms with E-state index in [1.807, 2.05) is 135 Å². The number of benzene rings is 4. The maximum Gasteiger partial charge on any atom is 0.306 e. The van der Waals surface area contributed by atoms with Crippen LogP contribution in [0.25, 0.3) is 0 Å². The topological polar surface area (TPSA) is 164 Å². The molecule has 2 aliphatic rings. The van der Waals surface area contributed by atoms with E-state index in [1.54, 1.807) is 0 Å². The summed E-state index contributed by atoms with van der Waals surface area (Å²) in [6.45, 7) is 43.6. The highest BCUT2D eigenvalue weighted by molar-refractivity contribution is 5.72. The number of ether oxygens (including phenoxy) is 6. The fraction of sp³-hybridized carbons (Fsp3) is 0.606. The van der Waals surface area contributed by atoms with Gasteiger partial charge in [-0.2, -0.15) is 0 Å². The zero-order chi connectivity index (χ0) is 62.4. The zero-order valence-electron chi connectivity index (χ0n) is 54.6. The van der Waals surface area contributed by atoms with Crippen molar-refractivity contribution in [3.8, 4) is 23.0 Å². The van der Waals surface area contributed by atoms with E-state index in [0.29, 0.717) is 25.7 Å². The lowest BCUT2D eigenvalue weighted by atomic mass is 9.78. The van der Waals surface area contributed by atoms with Crippen LogP contribution in [-0.2, 0) is 108 Å². The van der Waals surface area contributed by atoms with E-state index in [-0.39, 0.29) is 69.7 Å². The van der Waals surface area contributed by atoms with Crippen molar-refractivity contribution in [3.63, 3.8) is 0 Å². The summed E-state index contributed by atoms with van der Waals surface area (Å²) in [4.78, 5) is 56.3. The van der Waals surface area contributed by atoms with Crippen LogP contribution >= 0.6 is 0 Å². The van der Waals surface area contributed by atoms with Gasteiger partial charge in [-0.1, -0.05) is 161 Å². The minimum absolute atomic E-state index is 0.0117. The van der Waals surface area contributed by atoms with Crippen LogP contribution in [0.2, 0.25) is 0 Å². The number of aromatic hydroxyl groups is 2. The van der Waals surface area contributed by atoms with Crippen molar-refractivity contribution in [2.75, 3.05) is 26.4 Å². The van der Waals surface area contributed by atoms with Gasteiger partial charge in [-0.25, -0.2) is 0 Å². The Hall–Kier alpha value is -6.04. The Labute approximate surface area is 497 Å². The minimum Gasteiger partial charge on any atom is -0.507 e. The Bertz CT molecular complexity index is 2800. The van der Waals surface area contributed by atoms with Crippen molar-refractivity contribution >= 4 is 23.9 Å². The van der Waals surface area contributed by atoms with Crippen molar-refractivity contribution < 1.29 is 57.8 Å². The number of phenols is 2. The van der Waals surface area contributed by atoms with Gasteiger partial charge in [-0.15, -0.1) is 0 Å². The molecule has 0 radical (unpaired) electrons. The van der Waals surface area contributed by atoms with E-state index in [2.05, 4.69) is 65.8 Å². The molecule has 12 nitrogen and oxygen atoms in total. The maximum atomic E-state index is 14.1. The van der Waals surface area contributed by atoms with Gasteiger partial charge in [0.2, 0.25) is 0 Å². The number of aryl methyl sites for hydroxylation is 4. The third-order valence-corrected chi connectivity index (χ3v) is 16.1. The van der Waals surface area contributed by atoms with Crippen LogP contribution in [0, 0.1) is 5.41 Å². The lowest BCUT2D eigenvalue weighted by Gasteiger charge is -2.42. The number of carbonyl (C=O) groups excluding carboxylic acids is 4. The molecule has 456 valence electrons. The molecule has 4 aromatic carbocycles. The third kappa shape index (κ3) is 16.2. The van der Waals surface area contributed by atoms with Gasteiger partial charge in [0.15, 0.2) is 0 Å². The first-order valence-corrected chi connectivity index (χ1v) is 29.9. The SMILES string of the molecule is CC(C)(C)c1cc(CCC(=O)OCC(COC(=O)CCc2cc(C(C)(C)C)c(O)c(C(C)(C)C)c2)(COC(=O)CCc2cc(C(C)(C)C)c3c(c2)C(C)(C)O3)COC(=O)CCc2cc(C(C)(C)C)c3c(c2)C(C)(C)O3)cc(C(C)(C)C)c1O. The van der Waals surface area contributed by atoms with E-state index in [1.165, 1.54) is 0 Å². The monoisotopic (exact) mass is 1140 g/mol. The van der Waals surface area contributed by atoms with Gasteiger partial charge in [-0.3, -0.25) is 19.2 Å². The summed E-state index contributed by atoms with van der Waals surface area (Å²) in [7, 11) is 0. The van der Waals surface area contributed by atoms with Crippen LogP contribution in [0.5, 0.6) is 23.0 Å². The van der Waals surface area contributed by atoms with E-state index < -0.39 is 66.9 Å². The van der Waals surface area contributed by atoms with Crippen molar-refractivity contribution in [3.05, 3.63) is 115 Å². The second-order valence-corrected chi connectivity index (χ2v) is 31.0. The first-order valence-electron chi connectivity index (χ1n) is 29.9. The summed E-state index contributed by atoms with van der Waals surface area (Å²) in [5.74, 6) is 0.0200. The average molecular weight is 1150 g/mol. The Balaban J connectivity index is 1.30. The lowest BCUT2D eigenvalue weighted by molar-refractivity contribution is -0.170. The maximum absolute atomic E-state index is 14.1. The highest BCUT2D eigenvalue weighted by Crippen LogP contribution is 2.52. The Kier molecular flexibility index (Phi) is 18.9. The second-order valence-electron chi connectivity index (χ2n) is 31.0. The normalized spacial score (nSPS) is 14.9. The number of hydrogen-bond donors (Lipinski definition) is 2. The van der Waals surface area contributed by atoms with Crippen LogP contribution in [0.3, 0.4) is 0 Å². The molecule has 0 aromatic heterocycles. The van der Waals surface area contributed by atoms with Gasteiger partial charge in [0, 0.05) is 47.9 Å². The predicted octanol–water partition coefficient (Wildman–Crippen LogP) is 15.1. The highest BCUT2D eigenvalue weighted by Gasteiger charge is 2.43. The second kappa shape index (κ2) is 23.8. The van der Waals surface area contributed by atoms with Gasteiger partial charge in [-0.05, 0) is 143 Å². The molecule has 0 amide bonds. The van der Waals surface area contributed by atoms with E-state index >= 15 is 0 Å². The molecule has 0 unspecified atom stereocenters. The van der Waals surface area contributed by atoms with Gasteiger partial charge in [0.05, 0.1) is 0 Å². The molecule has 0 spiro atoms. The summed E-state index contributed by atoms with van der Waals surface area (Å²) in [6.07, 6.45) is 1.29. The molecule has 0 atom stereocenters. The fourth-order valence-electron chi connectivity index (χ4n) is 10.8. The minimum atomic E-state index is -1.53. The number of rotatable bonds is 20. The number of hydrogen-bond acceptors (Lipinski definition) is 12. The van der Waals surface area contributed by atoms with Crippen LogP contribution in [-0.4, -0.2) is 60.5 Å². The first-order chi connectivity index (χ1) is 37.8. The van der Waals surface area contributed by atoms with E-state index in [9.17, 15) is 29.4 Å². The molecule has 0 fully saturated rings. The average Bonchev–Trinajstić information content (AvgIpc) is 3.27. The van der Waals surface area contributed by atoms with E-state index in [4.69, 9.17) is 28.4 Å². The third-order valence-electron chi connectivity index (χ3n) is 16.1. The fourth-order valence-corrected chi connectivity index (χ4v) is 10.8. The molecule has 12 heteroatoms. The number of phenolic OH excluding ortho intramolecular Hbond substituents is 2. The van der Waals surface area contributed by atoms with Gasteiger partial charge >= 0.3 is 23.9 Å². The molecule has 6 rings (SSSR count). The van der Waals surface area contributed by atoms with Gasteiger partial charge < -0.3 is 38.6 Å². The number of carbonyl (C=O) groups is 4. The molecule has 2 N–H and O–H groups in total. The molecule has 2 aliphatic heterocycles. The Morgan fingerprint density at radius 2 is 0.566 bits per heavy atom. The largest absolute Gasteiger partial charge is 0.507 e. The standard InChI is InChI=1S/C71H100O12/c1-63(2,3)47-31-43(32-48(59(47)76)64(4,5)6)23-27-55(72)78-39-71(40-79-56(73)28-24-44-33-49(65(7,8)9)60(77)50(34-44)66(10,11)12,41-80-57(74)29-25-45-35-51(67(13,14)15)61-53(37-45)69(19,20)82-61)42-81-58(75)30-26-46-36-52(68(16,17)18)62-54(38-46)70(21,22)83-62/h31-38,76-77H,23-30,39-42H2,1-22H3. The number of esters is 4. The molecule has 0 saturated heterocycles. The smallest absolute Gasteiger partial charge is 0.306 e. The van der Waals surface area contributed by atoms with Crippen molar-refractivity contribution in [2.24, 2.45) is 5.41 Å². The summed E-state index contributed by atoms with van der Waals surface area (Å²) in [5, 5.41) is 22.8. The molecule has 0 bridgehead atoms. The summed E-state index contributed by atoms with van der Waals surface area (Å²) in [5.41, 5.74) is 6.56. The summed E-state index contributed by atoms with van der Waals surface area (Å²) >= 11 is 0. The van der Waals surface area contributed by atoms with Crippen molar-refractivity contribution in [1.82, 2.24) is 0 Å². The summed E-state index contributed by atoms with van der Waals surface area (Å²) < 4.78 is 36.9. The molecule has 0 saturated carbocycles. The first kappa shape index (κ1) is 66.1. The van der Waals surface area contributed by atoms with Crippen molar-refractivity contribution in [2.45, 2.75) is 247 Å². The molecule has 2 heterocycles. The van der Waals surface area contributed by atoms with Crippen molar-refractivity contribution in [1.29, 1.82) is 0 Å². The Morgan fingerprint density at radius 3 is 0.771 bits per heavy atom. The molecule has 83 heavy (non-hydrogen) atoms. The van der Waals surface area contributed by atoms with E-state index in [0.717, 1.165) is 78.3 Å². The molecule has 0 aliphatic carbocycles. The van der Waals surface area contributed by atoms with Crippen LogP contribution in [0.4, 0.5) is 0 Å².